The summed E-state index contributed by atoms with van der Waals surface area (Å²) >= 11 is 1.43. The number of benzene rings is 1. The van der Waals surface area contributed by atoms with Crippen molar-refractivity contribution in [3.63, 3.8) is 0 Å². The van der Waals surface area contributed by atoms with Crippen molar-refractivity contribution in [2.24, 2.45) is 5.92 Å². The first-order chi connectivity index (χ1) is 13.9. The first-order valence-electron chi connectivity index (χ1n) is 9.40. The maximum Gasteiger partial charge on any atom is 0.341 e. The van der Waals surface area contributed by atoms with Crippen LogP contribution < -0.4 is 15.4 Å². The monoisotopic (exact) mass is 416 g/mol. The van der Waals surface area contributed by atoms with Gasteiger partial charge in [0.1, 0.15) is 10.8 Å². The van der Waals surface area contributed by atoms with Crippen LogP contribution in [0.2, 0.25) is 0 Å². The maximum atomic E-state index is 12.4. The van der Waals surface area contributed by atoms with Gasteiger partial charge >= 0.3 is 5.97 Å². The van der Waals surface area contributed by atoms with Crippen LogP contribution in [0.15, 0.2) is 24.3 Å². The largest absolute Gasteiger partial charge is 0.484 e. The Kier molecular flexibility index (Phi) is 6.53. The Hall–Kier alpha value is -2.87. The van der Waals surface area contributed by atoms with Crippen LogP contribution in [0, 0.1) is 5.92 Å². The van der Waals surface area contributed by atoms with Crippen LogP contribution >= 0.6 is 11.3 Å². The molecule has 2 amide bonds. The molecule has 3 rings (SSSR count). The molecule has 7 nitrogen and oxygen atoms in total. The molecular weight excluding hydrogens is 392 g/mol. The van der Waals surface area contributed by atoms with Gasteiger partial charge in [-0.15, -0.1) is 11.3 Å². The lowest BCUT2D eigenvalue weighted by atomic mass is 9.88. The Bertz CT molecular complexity index is 937. The fourth-order valence-corrected chi connectivity index (χ4v) is 4.75. The number of hydrogen-bond donors (Lipinski definition) is 2. The van der Waals surface area contributed by atoms with E-state index in [0.29, 0.717) is 27.9 Å². The number of carbonyl (C=O) groups excluding carboxylic acids is 3. The van der Waals surface area contributed by atoms with E-state index in [1.54, 1.807) is 24.3 Å². The Balaban J connectivity index is 1.69. The summed E-state index contributed by atoms with van der Waals surface area (Å²) in [7, 11) is 1.34. The van der Waals surface area contributed by atoms with Crippen molar-refractivity contribution < 1.29 is 23.9 Å². The maximum absolute atomic E-state index is 12.4. The molecule has 0 radical (unpaired) electrons. The Morgan fingerprint density at radius 1 is 1.24 bits per heavy atom. The molecule has 0 spiro atoms. The molecule has 0 bridgehead atoms. The third kappa shape index (κ3) is 5.14. The van der Waals surface area contributed by atoms with Crippen LogP contribution in [0.5, 0.6) is 5.75 Å². The molecule has 154 valence electrons. The number of carbonyl (C=O) groups is 3. The van der Waals surface area contributed by atoms with E-state index in [4.69, 9.17) is 9.47 Å². The van der Waals surface area contributed by atoms with Gasteiger partial charge in [-0.05, 0) is 42.9 Å². The second kappa shape index (κ2) is 9.09. The van der Waals surface area contributed by atoms with E-state index >= 15 is 0 Å². The fraction of sp³-hybridized carbons (Fsp3) is 0.381. The molecule has 1 aliphatic carbocycles. The standard InChI is InChI=1S/C21H24N2O5S/c1-12-7-8-16-17(9-12)29-20(19(16)21(26)27-3)23-18(25)11-28-15-6-4-5-14(10-15)22-13(2)24/h4-6,10,12H,7-9,11H2,1-3H3,(H,22,24)(H,23,25)/t12-/m0/s1. The third-order valence-corrected chi connectivity index (χ3v) is 5.85. The van der Waals surface area contributed by atoms with Crippen LogP contribution in [0.3, 0.4) is 0 Å². The summed E-state index contributed by atoms with van der Waals surface area (Å²) in [4.78, 5) is 37.0. The van der Waals surface area contributed by atoms with Crippen LogP contribution in [-0.4, -0.2) is 31.5 Å². The number of hydrogen-bond acceptors (Lipinski definition) is 6. The summed E-state index contributed by atoms with van der Waals surface area (Å²) in [5.74, 6) is 0.0162. The Morgan fingerprint density at radius 3 is 2.76 bits per heavy atom. The van der Waals surface area contributed by atoms with Crippen LogP contribution in [0.4, 0.5) is 10.7 Å². The van der Waals surface area contributed by atoms with Gasteiger partial charge in [0, 0.05) is 23.6 Å². The van der Waals surface area contributed by atoms with Gasteiger partial charge in [0.25, 0.3) is 5.91 Å². The van der Waals surface area contributed by atoms with E-state index in [1.165, 1.54) is 25.4 Å². The van der Waals surface area contributed by atoms with E-state index in [0.717, 1.165) is 29.7 Å². The molecule has 1 aromatic heterocycles. The molecule has 1 heterocycles. The van der Waals surface area contributed by atoms with Crippen molar-refractivity contribution in [1.82, 2.24) is 0 Å². The molecular formula is C21H24N2O5S. The number of ether oxygens (including phenoxy) is 2. The lowest BCUT2D eigenvalue weighted by molar-refractivity contribution is -0.118. The van der Waals surface area contributed by atoms with E-state index < -0.39 is 5.97 Å². The number of anilines is 2. The summed E-state index contributed by atoms with van der Waals surface area (Å²) in [6, 6.07) is 6.79. The summed E-state index contributed by atoms with van der Waals surface area (Å²) < 4.78 is 10.5. The molecule has 0 fully saturated rings. The summed E-state index contributed by atoms with van der Waals surface area (Å²) in [5.41, 5.74) is 2.03. The predicted molar refractivity (Wildman–Crippen MR) is 112 cm³/mol. The number of fused-ring (bicyclic) bond motifs is 1. The molecule has 1 atom stereocenters. The van der Waals surface area contributed by atoms with Gasteiger partial charge in [-0.1, -0.05) is 13.0 Å². The number of nitrogens with one attached hydrogen (secondary N) is 2. The molecule has 1 aromatic carbocycles. The highest BCUT2D eigenvalue weighted by Gasteiger charge is 2.28. The van der Waals surface area contributed by atoms with Crippen molar-refractivity contribution in [1.29, 1.82) is 0 Å². The Labute approximate surface area is 173 Å². The minimum atomic E-state index is -0.434. The van der Waals surface area contributed by atoms with Gasteiger partial charge in [0.2, 0.25) is 5.91 Å². The average molecular weight is 416 g/mol. The quantitative estimate of drug-likeness (QED) is 0.702. The number of amides is 2. The second-order valence-electron chi connectivity index (χ2n) is 7.09. The van der Waals surface area contributed by atoms with Gasteiger partial charge in [-0.3, -0.25) is 9.59 Å². The molecule has 2 aromatic rings. The molecule has 8 heteroatoms. The van der Waals surface area contributed by atoms with Crippen LogP contribution in [-0.2, 0) is 27.2 Å². The van der Waals surface area contributed by atoms with E-state index in [1.807, 2.05) is 0 Å². The van der Waals surface area contributed by atoms with Gasteiger partial charge in [-0.2, -0.15) is 0 Å². The summed E-state index contributed by atoms with van der Waals surface area (Å²) in [6.45, 7) is 3.38. The first kappa shape index (κ1) is 20.9. The molecule has 2 N–H and O–H groups in total. The molecule has 0 aliphatic heterocycles. The van der Waals surface area contributed by atoms with Crippen molar-refractivity contribution in [3.8, 4) is 5.75 Å². The van der Waals surface area contributed by atoms with Crippen LogP contribution in [0.1, 0.15) is 41.1 Å². The Morgan fingerprint density at radius 2 is 2.03 bits per heavy atom. The highest BCUT2D eigenvalue weighted by atomic mass is 32.1. The molecule has 0 unspecified atom stereocenters. The summed E-state index contributed by atoms with van der Waals surface area (Å²) in [5, 5.41) is 5.97. The van der Waals surface area contributed by atoms with Crippen molar-refractivity contribution in [2.75, 3.05) is 24.4 Å². The topological polar surface area (TPSA) is 93.7 Å². The molecule has 0 saturated heterocycles. The third-order valence-electron chi connectivity index (χ3n) is 4.68. The zero-order valence-corrected chi connectivity index (χ0v) is 17.5. The van der Waals surface area contributed by atoms with E-state index in [-0.39, 0.29) is 18.4 Å². The number of methoxy groups -OCH3 is 1. The molecule has 29 heavy (non-hydrogen) atoms. The lowest BCUT2D eigenvalue weighted by Crippen LogP contribution is -2.21. The minimum Gasteiger partial charge on any atom is -0.484 e. The minimum absolute atomic E-state index is 0.189. The smallest absolute Gasteiger partial charge is 0.341 e. The number of thiophene rings is 1. The van der Waals surface area contributed by atoms with Crippen molar-refractivity contribution >= 4 is 39.8 Å². The highest BCUT2D eigenvalue weighted by molar-refractivity contribution is 7.17. The van der Waals surface area contributed by atoms with Gasteiger partial charge in [0.05, 0.1) is 12.7 Å². The lowest BCUT2D eigenvalue weighted by Gasteiger charge is -2.18. The first-order valence-corrected chi connectivity index (χ1v) is 10.2. The number of esters is 1. The van der Waals surface area contributed by atoms with Crippen molar-refractivity contribution in [3.05, 3.63) is 40.3 Å². The molecule has 1 aliphatic rings. The highest BCUT2D eigenvalue weighted by Crippen LogP contribution is 2.40. The normalized spacial score (nSPS) is 15.2. The fourth-order valence-electron chi connectivity index (χ4n) is 3.34. The zero-order chi connectivity index (χ0) is 21.0. The van der Waals surface area contributed by atoms with Gasteiger partial charge < -0.3 is 20.1 Å². The predicted octanol–water partition coefficient (Wildman–Crippen LogP) is 3.64. The SMILES string of the molecule is COC(=O)c1c(NC(=O)COc2cccc(NC(C)=O)c2)sc2c1CC[C@H](C)C2. The summed E-state index contributed by atoms with van der Waals surface area (Å²) in [6.07, 6.45) is 2.71. The second-order valence-corrected chi connectivity index (χ2v) is 8.20. The molecule has 0 saturated carbocycles. The zero-order valence-electron chi connectivity index (χ0n) is 16.7. The van der Waals surface area contributed by atoms with Crippen molar-refractivity contribution in [2.45, 2.75) is 33.1 Å². The average Bonchev–Trinajstić information content (AvgIpc) is 3.02. The van der Waals surface area contributed by atoms with Gasteiger partial charge in [-0.25, -0.2) is 4.79 Å². The van der Waals surface area contributed by atoms with E-state index in [2.05, 4.69) is 17.6 Å². The number of rotatable bonds is 6. The van der Waals surface area contributed by atoms with E-state index in [9.17, 15) is 14.4 Å². The van der Waals surface area contributed by atoms with Crippen LogP contribution in [0.25, 0.3) is 0 Å². The van der Waals surface area contributed by atoms with Gasteiger partial charge in [0.15, 0.2) is 6.61 Å².